The summed E-state index contributed by atoms with van der Waals surface area (Å²) < 4.78 is 12.3. The van der Waals surface area contributed by atoms with Gasteiger partial charge < -0.3 is 29.5 Å². The molecule has 0 aromatic carbocycles. The Hall–Kier alpha value is -1.00. The maximum atomic E-state index is 11.7. The lowest BCUT2D eigenvalue weighted by Gasteiger charge is -2.43. The van der Waals surface area contributed by atoms with E-state index in [9.17, 15) is 24.9 Å². The van der Waals surface area contributed by atoms with E-state index in [-0.39, 0.29) is 6.61 Å². The average molecular weight is 355 g/mol. The molecule has 114 valence electrons. The first kappa shape index (κ1) is 17.1. The molecule has 1 fully saturated rings. The Balaban J connectivity index is 2.93. The highest BCUT2D eigenvalue weighted by Gasteiger charge is 2.57. The van der Waals surface area contributed by atoms with Crippen LogP contribution in [0.1, 0.15) is 6.92 Å². The van der Waals surface area contributed by atoms with E-state index in [1.54, 1.807) is 0 Å². The monoisotopic (exact) mass is 354 g/mol. The SMILES string of the molecule is C=CCOC(=O)[C@H]1O[C@](Br)(OC(C)=O)[C@H](O)[C@@H](O)[C@@H]1O. The summed E-state index contributed by atoms with van der Waals surface area (Å²) in [4.78, 5) is 22.7. The van der Waals surface area contributed by atoms with E-state index in [0.717, 1.165) is 6.92 Å². The lowest BCUT2D eigenvalue weighted by Crippen LogP contribution is -2.65. The fourth-order valence-electron chi connectivity index (χ4n) is 1.57. The third-order valence-corrected chi connectivity index (χ3v) is 3.30. The van der Waals surface area contributed by atoms with E-state index >= 15 is 0 Å². The summed E-state index contributed by atoms with van der Waals surface area (Å²) in [5.41, 5.74) is 0. The van der Waals surface area contributed by atoms with E-state index in [4.69, 9.17) is 9.47 Å². The van der Waals surface area contributed by atoms with Crippen molar-refractivity contribution in [3.63, 3.8) is 0 Å². The van der Waals surface area contributed by atoms with Gasteiger partial charge in [-0.05, 0) is 15.9 Å². The lowest BCUT2D eigenvalue weighted by atomic mass is 9.99. The molecule has 1 heterocycles. The van der Waals surface area contributed by atoms with Crippen LogP contribution in [0.2, 0.25) is 0 Å². The molecule has 1 aliphatic rings. The van der Waals surface area contributed by atoms with Gasteiger partial charge in [-0.25, -0.2) is 4.79 Å². The molecule has 0 amide bonds. The van der Waals surface area contributed by atoms with Crippen LogP contribution in [0.5, 0.6) is 0 Å². The smallest absolute Gasteiger partial charge is 0.338 e. The second-order valence-corrected chi connectivity index (χ2v) is 5.16. The van der Waals surface area contributed by atoms with Gasteiger partial charge in [0.05, 0.1) is 0 Å². The summed E-state index contributed by atoms with van der Waals surface area (Å²) in [5.74, 6) is -1.83. The van der Waals surface area contributed by atoms with Crippen molar-refractivity contribution in [2.75, 3.05) is 6.61 Å². The maximum absolute atomic E-state index is 11.7. The Labute approximate surface area is 123 Å². The highest BCUT2D eigenvalue weighted by molar-refractivity contribution is 9.10. The molecule has 0 spiro atoms. The van der Waals surface area contributed by atoms with Crippen molar-refractivity contribution in [3.05, 3.63) is 12.7 Å². The van der Waals surface area contributed by atoms with Crippen LogP contribution in [-0.4, -0.2) is 63.0 Å². The van der Waals surface area contributed by atoms with Gasteiger partial charge in [-0.3, -0.25) is 4.79 Å². The van der Waals surface area contributed by atoms with Gasteiger partial charge in [-0.15, -0.1) is 0 Å². The minimum absolute atomic E-state index is 0.132. The first-order valence-corrected chi connectivity index (χ1v) is 6.40. The number of aliphatic hydroxyl groups is 3. The number of halogens is 1. The zero-order valence-electron chi connectivity index (χ0n) is 10.6. The lowest BCUT2D eigenvalue weighted by molar-refractivity contribution is -0.300. The van der Waals surface area contributed by atoms with Crippen LogP contribution in [-0.2, 0) is 23.8 Å². The van der Waals surface area contributed by atoms with Crippen molar-refractivity contribution in [1.29, 1.82) is 0 Å². The fraction of sp³-hybridized carbons (Fsp3) is 0.636. The highest BCUT2D eigenvalue weighted by atomic mass is 79.9. The molecule has 0 aliphatic carbocycles. The number of esters is 2. The molecule has 20 heavy (non-hydrogen) atoms. The van der Waals surface area contributed by atoms with Crippen LogP contribution < -0.4 is 0 Å². The predicted molar refractivity (Wildman–Crippen MR) is 67.5 cm³/mol. The van der Waals surface area contributed by atoms with Gasteiger partial charge >= 0.3 is 16.6 Å². The van der Waals surface area contributed by atoms with Crippen LogP contribution in [0.4, 0.5) is 0 Å². The van der Waals surface area contributed by atoms with E-state index in [0.29, 0.717) is 0 Å². The van der Waals surface area contributed by atoms with E-state index in [1.165, 1.54) is 6.08 Å². The summed E-state index contributed by atoms with van der Waals surface area (Å²) in [5, 5.41) is 29.2. The molecule has 0 unspecified atom stereocenters. The van der Waals surface area contributed by atoms with Crippen LogP contribution in [0.25, 0.3) is 0 Å². The fourth-order valence-corrected chi connectivity index (χ4v) is 2.27. The molecule has 1 aliphatic heterocycles. The molecule has 5 atom stereocenters. The van der Waals surface area contributed by atoms with Crippen LogP contribution in [0.3, 0.4) is 0 Å². The first-order chi connectivity index (χ1) is 9.23. The normalized spacial score (nSPS) is 37.0. The first-order valence-electron chi connectivity index (χ1n) is 5.61. The minimum Gasteiger partial charge on any atom is -0.459 e. The van der Waals surface area contributed by atoms with Gasteiger partial charge in [0.25, 0.3) is 0 Å². The minimum atomic E-state index is -2.16. The average Bonchev–Trinajstić information content (AvgIpc) is 2.37. The third kappa shape index (κ3) is 3.55. The summed E-state index contributed by atoms with van der Waals surface area (Å²) in [6.07, 6.45) is -5.68. The van der Waals surface area contributed by atoms with Gasteiger partial charge in [-0.1, -0.05) is 12.7 Å². The van der Waals surface area contributed by atoms with Crippen molar-refractivity contribution < 1.29 is 39.1 Å². The van der Waals surface area contributed by atoms with Crippen molar-refractivity contribution in [1.82, 2.24) is 0 Å². The second-order valence-electron chi connectivity index (χ2n) is 4.06. The summed E-state index contributed by atoms with van der Waals surface area (Å²) in [6, 6.07) is 0. The van der Waals surface area contributed by atoms with Crippen molar-refractivity contribution in [2.45, 2.75) is 36.0 Å². The number of carbonyl (C=O) groups is 2. The number of carbonyl (C=O) groups excluding carboxylic acids is 2. The molecule has 0 aromatic rings. The molecule has 8 nitrogen and oxygen atoms in total. The summed E-state index contributed by atoms with van der Waals surface area (Å²) in [6.45, 7) is 4.25. The molecular formula is C11H15BrO8. The van der Waals surface area contributed by atoms with Gasteiger partial charge in [0, 0.05) is 6.92 Å². The number of ether oxygens (including phenoxy) is 3. The van der Waals surface area contributed by atoms with Crippen LogP contribution >= 0.6 is 15.9 Å². The van der Waals surface area contributed by atoms with Gasteiger partial charge in [-0.2, -0.15) is 0 Å². The molecule has 0 bridgehead atoms. The Morgan fingerprint density at radius 3 is 2.50 bits per heavy atom. The Morgan fingerprint density at radius 2 is 2.00 bits per heavy atom. The van der Waals surface area contributed by atoms with E-state index in [1.807, 2.05) is 0 Å². The zero-order chi connectivity index (χ0) is 15.5. The van der Waals surface area contributed by atoms with E-state index in [2.05, 4.69) is 27.2 Å². The van der Waals surface area contributed by atoms with Crippen molar-refractivity contribution in [3.8, 4) is 0 Å². The third-order valence-electron chi connectivity index (χ3n) is 2.48. The molecule has 0 saturated carbocycles. The van der Waals surface area contributed by atoms with Crippen molar-refractivity contribution in [2.24, 2.45) is 0 Å². The number of aliphatic hydroxyl groups excluding tert-OH is 3. The molecule has 3 N–H and O–H groups in total. The second kappa shape index (κ2) is 6.64. The Morgan fingerprint density at radius 1 is 1.40 bits per heavy atom. The predicted octanol–water partition coefficient (Wildman–Crippen LogP) is -1.19. The number of hydrogen-bond acceptors (Lipinski definition) is 8. The molecule has 0 aromatic heterocycles. The standard InChI is InChI=1S/C11H15BrO8/c1-3-4-18-10(17)8-6(14)7(15)9(16)11(12,20-8)19-5(2)13/h3,6-9,14-16H,1,4H2,2H3/t6-,7-,8-,9+,11+/m0/s1. The van der Waals surface area contributed by atoms with Gasteiger partial charge in [0.1, 0.15) is 18.8 Å². The number of rotatable bonds is 4. The van der Waals surface area contributed by atoms with Crippen LogP contribution in [0.15, 0.2) is 12.7 Å². The largest absolute Gasteiger partial charge is 0.459 e. The molecular weight excluding hydrogens is 340 g/mol. The van der Waals surface area contributed by atoms with Gasteiger partial charge in [0.15, 0.2) is 12.2 Å². The van der Waals surface area contributed by atoms with E-state index < -0.39 is 41.1 Å². The van der Waals surface area contributed by atoms with Crippen molar-refractivity contribution >= 4 is 27.9 Å². The molecule has 0 radical (unpaired) electrons. The number of hydrogen-bond donors (Lipinski definition) is 3. The molecule has 1 rings (SSSR count). The summed E-state index contributed by atoms with van der Waals surface area (Å²) in [7, 11) is 0. The summed E-state index contributed by atoms with van der Waals surface area (Å²) >= 11 is 2.79. The maximum Gasteiger partial charge on any atom is 0.338 e. The Bertz CT molecular complexity index is 400. The molecule has 1 saturated heterocycles. The number of alkyl halides is 1. The zero-order valence-corrected chi connectivity index (χ0v) is 12.1. The highest BCUT2D eigenvalue weighted by Crippen LogP contribution is 2.36. The quantitative estimate of drug-likeness (QED) is 0.327. The topological polar surface area (TPSA) is 123 Å². The Kier molecular flexibility index (Phi) is 5.66. The molecule has 9 heteroatoms. The van der Waals surface area contributed by atoms with Gasteiger partial charge in [0.2, 0.25) is 0 Å². The van der Waals surface area contributed by atoms with Crippen LogP contribution in [0, 0.1) is 0 Å².